The maximum Gasteiger partial charge on any atom is 0.128 e. The van der Waals surface area contributed by atoms with Crippen LogP contribution in [-0.2, 0) is 0 Å². The zero-order chi connectivity index (χ0) is 16.5. The molecule has 3 aliphatic heterocycles. The average molecular weight is 328 g/mol. The molecule has 24 heavy (non-hydrogen) atoms. The Kier molecular flexibility index (Phi) is 4.40. The van der Waals surface area contributed by atoms with Crippen molar-refractivity contribution in [2.24, 2.45) is 5.92 Å². The maximum absolute atomic E-state index is 5.66. The number of hydrogen-bond acceptors (Lipinski definition) is 4. The van der Waals surface area contributed by atoms with Crippen LogP contribution in [0, 0.1) is 5.92 Å². The molecule has 130 valence electrons. The van der Waals surface area contributed by atoms with Gasteiger partial charge in [-0.3, -0.25) is 0 Å². The third-order valence-corrected chi connectivity index (χ3v) is 5.97. The average Bonchev–Trinajstić information content (AvgIpc) is 2.60. The Morgan fingerprint density at radius 3 is 2.46 bits per heavy atom. The first kappa shape index (κ1) is 15.8. The Labute approximate surface area is 144 Å². The molecule has 3 heterocycles. The molecule has 4 nitrogen and oxygen atoms in total. The van der Waals surface area contributed by atoms with Gasteiger partial charge < -0.3 is 19.7 Å². The van der Waals surface area contributed by atoms with Crippen molar-refractivity contribution in [3.8, 4) is 11.5 Å². The Bertz CT molecular complexity index is 627. The molecular formula is C20H28N2O2. The van der Waals surface area contributed by atoms with E-state index < -0.39 is 0 Å². The zero-order valence-corrected chi connectivity index (χ0v) is 14.8. The van der Waals surface area contributed by atoms with E-state index in [1.54, 1.807) is 14.2 Å². The van der Waals surface area contributed by atoms with E-state index in [9.17, 15) is 0 Å². The molecule has 1 aliphatic carbocycles. The fraction of sp³-hybridized carbons (Fsp3) is 0.600. The largest absolute Gasteiger partial charge is 0.497 e. The predicted octanol–water partition coefficient (Wildman–Crippen LogP) is 3.28. The van der Waals surface area contributed by atoms with Crippen LogP contribution in [0.15, 0.2) is 23.8 Å². The highest BCUT2D eigenvalue weighted by Gasteiger charge is 2.35. The van der Waals surface area contributed by atoms with Gasteiger partial charge in [-0.15, -0.1) is 0 Å². The summed E-state index contributed by atoms with van der Waals surface area (Å²) in [5.74, 6) is 2.63. The molecule has 4 fully saturated rings. The number of benzene rings is 1. The lowest BCUT2D eigenvalue weighted by Crippen LogP contribution is -2.55. The highest BCUT2D eigenvalue weighted by atomic mass is 16.5. The fourth-order valence-corrected chi connectivity index (χ4v) is 4.30. The number of nitrogens with zero attached hydrogens (tertiary/aromatic N) is 1. The lowest BCUT2D eigenvalue weighted by molar-refractivity contribution is 0.0799. The van der Waals surface area contributed by atoms with Gasteiger partial charge in [0.25, 0.3) is 0 Å². The van der Waals surface area contributed by atoms with Crippen molar-refractivity contribution < 1.29 is 9.47 Å². The van der Waals surface area contributed by atoms with Crippen LogP contribution in [0.4, 0.5) is 0 Å². The Morgan fingerprint density at radius 1 is 1.12 bits per heavy atom. The summed E-state index contributed by atoms with van der Waals surface area (Å²) in [7, 11) is 3.48. The van der Waals surface area contributed by atoms with Crippen molar-refractivity contribution in [1.82, 2.24) is 10.2 Å². The van der Waals surface area contributed by atoms with Gasteiger partial charge in [-0.05, 0) is 74.9 Å². The molecule has 3 saturated heterocycles. The monoisotopic (exact) mass is 328 g/mol. The lowest BCUT2D eigenvalue weighted by Gasteiger charge is -2.46. The summed E-state index contributed by atoms with van der Waals surface area (Å²) in [6, 6.07) is 6.67. The number of rotatable bonds is 5. The van der Waals surface area contributed by atoms with Crippen LogP contribution in [0.1, 0.15) is 37.7 Å². The predicted molar refractivity (Wildman–Crippen MR) is 96.4 cm³/mol. The minimum atomic E-state index is 0.562. The van der Waals surface area contributed by atoms with Crippen molar-refractivity contribution >= 4 is 5.70 Å². The number of hydrogen-bond donors (Lipinski definition) is 1. The third-order valence-electron chi connectivity index (χ3n) is 5.97. The topological polar surface area (TPSA) is 33.7 Å². The molecule has 2 bridgehead atoms. The van der Waals surface area contributed by atoms with Crippen LogP contribution in [-0.4, -0.2) is 44.8 Å². The minimum Gasteiger partial charge on any atom is -0.497 e. The van der Waals surface area contributed by atoms with Gasteiger partial charge in [0.15, 0.2) is 0 Å². The van der Waals surface area contributed by atoms with E-state index >= 15 is 0 Å². The summed E-state index contributed by atoms with van der Waals surface area (Å²) in [5.41, 5.74) is 4.00. The summed E-state index contributed by atoms with van der Waals surface area (Å²) in [4.78, 5) is 2.60. The molecule has 4 heteroatoms. The number of ether oxygens (including phenoxy) is 2. The molecule has 0 spiro atoms. The van der Waals surface area contributed by atoms with Crippen LogP contribution >= 0.6 is 0 Å². The lowest BCUT2D eigenvalue weighted by atomic mass is 9.82. The molecule has 1 N–H and O–H groups in total. The summed E-state index contributed by atoms with van der Waals surface area (Å²) in [6.45, 7) is 3.72. The molecule has 5 rings (SSSR count). The molecule has 1 aromatic rings. The van der Waals surface area contributed by atoms with Crippen LogP contribution in [0.5, 0.6) is 11.5 Å². The van der Waals surface area contributed by atoms with Crippen LogP contribution in [0.3, 0.4) is 0 Å². The fourth-order valence-electron chi connectivity index (χ4n) is 4.30. The summed E-state index contributed by atoms with van der Waals surface area (Å²) >= 11 is 0. The molecular weight excluding hydrogens is 300 g/mol. The molecule has 1 atom stereocenters. The number of methoxy groups -OCH3 is 2. The summed E-state index contributed by atoms with van der Waals surface area (Å²) in [5, 5.41) is 3.93. The standard InChI is InChI=1S/C20H28N2O2/c1-23-16-6-7-19(24-2)17(12-16)20(15-4-3-5-15)21-18-13-22-10-8-14(18)9-11-22/h6-7,12,14,18,21H,3-5,8-11,13H2,1-2H3. The Hall–Kier alpha value is -1.68. The second-order valence-corrected chi connectivity index (χ2v) is 7.29. The van der Waals surface area contributed by atoms with Gasteiger partial charge in [0.2, 0.25) is 0 Å². The molecule has 1 unspecified atom stereocenters. The van der Waals surface area contributed by atoms with Gasteiger partial charge in [0, 0.05) is 23.8 Å². The molecule has 4 aliphatic rings. The van der Waals surface area contributed by atoms with Crippen LogP contribution in [0.25, 0.3) is 5.70 Å². The first-order chi connectivity index (χ1) is 11.8. The molecule has 0 radical (unpaired) electrons. The van der Waals surface area contributed by atoms with Crippen molar-refractivity contribution in [1.29, 1.82) is 0 Å². The number of piperidine rings is 3. The van der Waals surface area contributed by atoms with E-state index in [4.69, 9.17) is 9.47 Å². The van der Waals surface area contributed by atoms with E-state index in [1.807, 2.05) is 12.1 Å². The first-order valence-electron chi connectivity index (χ1n) is 9.22. The smallest absolute Gasteiger partial charge is 0.128 e. The summed E-state index contributed by atoms with van der Waals surface area (Å²) < 4.78 is 11.1. The van der Waals surface area contributed by atoms with Crippen molar-refractivity contribution in [3.05, 3.63) is 29.3 Å². The quantitative estimate of drug-likeness (QED) is 0.899. The second kappa shape index (κ2) is 6.67. The number of fused-ring (bicyclic) bond motifs is 3. The van der Waals surface area contributed by atoms with E-state index in [1.165, 1.54) is 63.0 Å². The van der Waals surface area contributed by atoms with Crippen LogP contribution in [0.2, 0.25) is 0 Å². The Morgan fingerprint density at radius 2 is 1.92 bits per heavy atom. The second-order valence-electron chi connectivity index (χ2n) is 7.29. The van der Waals surface area contributed by atoms with E-state index in [0.29, 0.717) is 6.04 Å². The van der Waals surface area contributed by atoms with Crippen LogP contribution < -0.4 is 14.8 Å². The first-order valence-corrected chi connectivity index (χ1v) is 9.22. The maximum atomic E-state index is 5.66. The highest BCUT2D eigenvalue weighted by Crippen LogP contribution is 2.39. The van der Waals surface area contributed by atoms with E-state index in [2.05, 4.69) is 16.3 Å². The van der Waals surface area contributed by atoms with Gasteiger partial charge in [-0.2, -0.15) is 0 Å². The van der Waals surface area contributed by atoms with E-state index in [-0.39, 0.29) is 0 Å². The van der Waals surface area contributed by atoms with Crippen molar-refractivity contribution in [2.75, 3.05) is 33.9 Å². The highest BCUT2D eigenvalue weighted by molar-refractivity contribution is 5.74. The SMILES string of the molecule is COc1ccc(OC)c(C(NC2CN3CCC2CC3)=C2CCC2)c1. The molecule has 1 aromatic carbocycles. The van der Waals surface area contributed by atoms with Gasteiger partial charge in [0.1, 0.15) is 11.5 Å². The summed E-state index contributed by atoms with van der Waals surface area (Å²) in [6.07, 6.45) is 6.35. The molecule has 0 amide bonds. The zero-order valence-electron chi connectivity index (χ0n) is 14.8. The van der Waals surface area contributed by atoms with Gasteiger partial charge in [-0.25, -0.2) is 0 Å². The minimum absolute atomic E-state index is 0.562. The Balaban J connectivity index is 1.66. The normalized spacial score (nSPS) is 28.2. The van der Waals surface area contributed by atoms with Gasteiger partial charge in [-0.1, -0.05) is 0 Å². The molecule has 1 saturated carbocycles. The number of nitrogens with one attached hydrogen (secondary N) is 1. The third kappa shape index (κ3) is 2.88. The van der Waals surface area contributed by atoms with E-state index in [0.717, 1.165) is 23.0 Å². The van der Waals surface area contributed by atoms with Crippen molar-refractivity contribution in [3.63, 3.8) is 0 Å². The number of allylic oxidation sites excluding steroid dienone is 1. The van der Waals surface area contributed by atoms with Crippen molar-refractivity contribution in [2.45, 2.75) is 38.1 Å². The van der Waals surface area contributed by atoms with Gasteiger partial charge >= 0.3 is 0 Å². The molecule has 0 aromatic heterocycles. The van der Waals surface area contributed by atoms with Gasteiger partial charge in [0.05, 0.1) is 14.2 Å².